The van der Waals surface area contributed by atoms with Crippen molar-refractivity contribution in [3.8, 4) is 18.1 Å². The fourth-order valence-corrected chi connectivity index (χ4v) is 2.44. The Balaban J connectivity index is 2.30. The van der Waals surface area contributed by atoms with Crippen LogP contribution in [0.15, 0.2) is 24.3 Å². The summed E-state index contributed by atoms with van der Waals surface area (Å²) in [5.41, 5.74) is 0.466. The number of amides is 2. The molecular weight excluding hydrogens is 328 g/mol. The van der Waals surface area contributed by atoms with Gasteiger partial charge >= 0.3 is 0 Å². The smallest absolute Gasteiger partial charge is 0.251 e. The molecule has 1 aromatic rings. The monoisotopic (exact) mass is 358 g/mol. The number of unbranched alkanes of at least 4 members (excludes halogenated alkanes) is 5. The molecule has 0 spiro atoms. The first-order valence-electron chi connectivity index (χ1n) is 9.33. The van der Waals surface area contributed by atoms with Gasteiger partial charge in [-0.1, -0.05) is 44.9 Å². The molecule has 0 radical (unpaired) electrons. The van der Waals surface area contributed by atoms with Crippen LogP contribution in [-0.4, -0.2) is 31.0 Å². The molecule has 0 fully saturated rings. The molecule has 0 aromatic heterocycles. The van der Waals surface area contributed by atoms with Crippen molar-refractivity contribution in [3.63, 3.8) is 0 Å². The van der Waals surface area contributed by atoms with E-state index in [1.807, 2.05) is 0 Å². The molecule has 0 saturated carbocycles. The molecule has 142 valence electrons. The van der Waals surface area contributed by atoms with Gasteiger partial charge in [0.05, 0.1) is 0 Å². The van der Waals surface area contributed by atoms with Crippen LogP contribution in [0.1, 0.15) is 62.7 Å². The average molecular weight is 358 g/mol. The Hall–Kier alpha value is -2.48. The third-order valence-electron chi connectivity index (χ3n) is 4.01. The fraction of sp³-hybridized carbons (Fsp3) is 0.524. The number of terminal acetylenes is 1. The van der Waals surface area contributed by atoms with E-state index < -0.39 is 6.04 Å². The third-order valence-corrected chi connectivity index (χ3v) is 4.01. The van der Waals surface area contributed by atoms with Crippen LogP contribution in [0.25, 0.3) is 0 Å². The standard InChI is InChI=1S/C21H30N2O3/c1-4-6-7-8-9-10-15-22-20(24)17(3)23-21(25)18-11-13-19(14-12-18)26-16-5-2/h2,11-14,17H,4,6-10,15-16H2,1,3H3,(H,22,24)(H,23,25)/t17-/m0/s1. The summed E-state index contributed by atoms with van der Waals surface area (Å²) in [5.74, 6) is 2.52. The summed E-state index contributed by atoms with van der Waals surface area (Å²) in [6.07, 6.45) is 12.2. The highest BCUT2D eigenvalue weighted by atomic mass is 16.5. The molecule has 0 unspecified atom stereocenters. The molecule has 1 aromatic carbocycles. The molecule has 5 heteroatoms. The number of ether oxygens (including phenoxy) is 1. The van der Waals surface area contributed by atoms with Gasteiger partial charge in [0, 0.05) is 12.1 Å². The van der Waals surface area contributed by atoms with Crippen molar-refractivity contribution >= 4 is 11.8 Å². The third kappa shape index (κ3) is 8.57. The molecule has 0 heterocycles. The largest absolute Gasteiger partial charge is 0.481 e. The molecule has 0 aliphatic carbocycles. The molecule has 26 heavy (non-hydrogen) atoms. The van der Waals surface area contributed by atoms with Gasteiger partial charge in [-0.3, -0.25) is 9.59 Å². The summed E-state index contributed by atoms with van der Waals surface area (Å²) in [4.78, 5) is 24.3. The summed E-state index contributed by atoms with van der Waals surface area (Å²) >= 11 is 0. The van der Waals surface area contributed by atoms with Crippen LogP contribution in [-0.2, 0) is 4.79 Å². The molecule has 1 atom stereocenters. The van der Waals surface area contributed by atoms with Gasteiger partial charge in [-0.15, -0.1) is 6.42 Å². The zero-order valence-electron chi connectivity index (χ0n) is 15.8. The lowest BCUT2D eigenvalue weighted by Crippen LogP contribution is -2.45. The molecule has 2 N–H and O–H groups in total. The second-order valence-electron chi connectivity index (χ2n) is 6.27. The van der Waals surface area contributed by atoms with Crippen LogP contribution in [0, 0.1) is 12.3 Å². The van der Waals surface area contributed by atoms with Gasteiger partial charge in [0.1, 0.15) is 18.4 Å². The quantitative estimate of drug-likeness (QED) is 0.445. The van der Waals surface area contributed by atoms with Crippen LogP contribution < -0.4 is 15.4 Å². The number of rotatable bonds is 12. The van der Waals surface area contributed by atoms with Crippen molar-refractivity contribution < 1.29 is 14.3 Å². The van der Waals surface area contributed by atoms with Gasteiger partial charge < -0.3 is 15.4 Å². The van der Waals surface area contributed by atoms with Crippen molar-refractivity contribution in [2.24, 2.45) is 0 Å². The average Bonchev–Trinajstić information content (AvgIpc) is 2.65. The molecule has 1 rings (SSSR count). The number of nitrogens with one attached hydrogen (secondary N) is 2. The van der Waals surface area contributed by atoms with E-state index in [1.54, 1.807) is 31.2 Å². The van der Waals surface area contributed by atoms with Crippen molar-refractivity contribution in [1.82, 2.24) is 10.6 Å². The van der Waals surface area contributed by atoms with Crippen molar-refractivity contribution in [2.75, 3.05) is 13.2 Å². The van der Waals surface area contributed by atoms with Gasteiger partial charge in [-0.05, 0) is 37.6 Å². The predicted octanol–water partition coefficient (Wildman–Crippen LogP) is 3.29. The van der Waals surface area contributed by atoms with Gasteiger partial charge in [0.15, 0.2) is 0 Å². The van der Waals surface area contributed by atoms with E-state index in [1.165, 1.54) is 25.7 Å². The Morgan fingerprint density at radius 1 is 1.12 bits per heavy atom. The van der Waals surface area contributed by atoms with Crippen LogP contribution in [0.3, 0.4) is 0 Å². The first-order chi connectivity index (χ1) is 12.6. The SMILES string of the molecule is C#CCOc1ccc(C(=O)N[C@@H](C)C(=O)NCCCCCCCC)cc1. The molecule has 0 bridgehead atoms. The lowest BCUT2D eigenvalue weighted by molar-refractivity contribution is -0.122. The first-order valence-corrected chi connectivity index (χ1v) is 9.33. The summed E-state index contributed by atoms with van der Waals surface area (Å²) in [7, 11) is 0. The van der Waals surface area contributed by atoms with Crippen LogP contribution in [0.4, 0.5) is 0 Å². The van der Waals surface area contributed by atoms with Crippen LogP contribution >= 0.6 is 0 Å². The Kier molecular flexibility index (Phi) is 10.6. The van der Waals surface area contributed by atoms with E-state index in [0.717, 1.165) is 12.8 Å². The van der Waals surface area contributed by atoms with Gasteiger partial charge in [0.2, 0.25) is 5.91 Å². The lowest BCUT2D eigenvalue weighted by atomic mass is 10.1. The summed E-state index contributed by atoms with van der Waals surface area (Å²) in [5, 5.41) is 5.57. The Labute approximate surface area is 156 Å². The summed E-state index contributed by atoms with van der Waals surface area (Å²) in [6, 6.07) is 6.05. The van der Waals surface area contributed by atoms with E-state index in [9.17, 15) is 9.59 Å². The minimum Gasteiger partial charge on any atom is -0.481 e. The molecule has 0 saturated heterocycles. The number of hydrogen-bond donors (Lipinski definition) is 2. The van der Waals surface area contributed by atoms with E-state index in [4.69, 9.17) is 11.2 Å². The molecule has 0 aliphatic heterocycles. The highest BCUT2D eigenvalue weighted by Crippen LogP contribution is 2.12. The Morgan fingerprint density at radius 2 is 1.77 bits per heavy atom. The number of carbonyl (C=O) groups is 2. The van der Waals surface area contributed by atoms with Crippen molar-refractivity contribution in [1.29, 1.82) is 0 Å². The van der Waals surface area contributed by atoms with Crippen molar-refractivity contribution in [2.45, 2.75) is 58.4 Å². The lowest BCUT2D eigenvalue weighted by Gasteiger charge is -2.14. The van der Waals surface area contributed by atoms with Crippen LogP contribution in [0.5, 0.6) is 5.75 Å². The highest BCUT2D eigenvalue weighted by Gasteiger charge is 2.16. The molecule has 0 aliphatic rings. The maximum Gasteiger partial charge on any atom is 0.251 e. The van der Waals surface area contributed by atoms with E-state index in [2.05, 4.69) is 23.5 Å². The van der Waals surface area contributed by atoms with E-state index >= 15 is 0 Å². The molecular formula is C21H30N2O3. The van der Waals surface area contributed by atoms with E-state index in [0.29, 0.717) is 17.9 Å². The van der Waals surface area contributed by atoms with Gasteiger partial charge in [-0.25, -0.2) is 0 Å². The highest BCUT2D eigenvalue weighted by molar-refractivity contribution is 5.97. The minimum atomic E-state index is -0.583. The number of hydrogen-bond acceptors (Lipinski definition) is 3. The van der Waals surface area contributed by atoms with Gasteiger partial charge in [0.25, 0.3) is 5.91 Å². The Bertz CT molecular complexity index is 590. The number of carbonyl (C=O) groups excluding carboxylic acids is 2. The number of benzene rings is 1. The summed E-state index contributed by atoms with van der Waals surface area (Å²) < 4.78 is 5.26. The molecule has 5 nitrogen and oxygen atoms in total. The zero-order valence-corrected chi connectivity index (χ0v) is 15.8. The second kappa shape index (κ2) is 12.8. The van der Waals surface area contributed by atoms with Crippen LogP contribution in [0.2, 0.25) is 0 Å². The maximum absolute atomic E-state index is 12.2. The fourth-order valence-electron chi connectivity index (χ4n) is 2.44. The Morgan fingerprint density at radius 3 is 2.42 bits per heavy atom. The normalized spacial score (nSPS) is 11.3. The van der Waals surface area contributed by atoms with E-state index in [-0.39, 0.29) is 18.4 Å². The topological polar surface area (TPSA) is 67.4 Å². The molecule has 2 amide bonds. The zero-order chi connectivity index (χ0) is 19.2. The second-order valence-corrected chi connectivity index (χ2v) is 6.27. The van der Waals surface area contributed by atoms with Gasteiger partial charge in [-0.2, -0.15) is 0 Å². The predicted molar refractivity (Wildman–Crippen MR) is 104 cm³/mol. The summed E-state index contributed by atoms with van der Waals surface area (Å²) in [6.45, 7) is 4.70. The first kappa shape index (κ1) is 21.6. The maximum atomic E-state index is 12.2. The van der Waals surface area contributed by atoms with Crippen molar-refractivity contribution in [3.05, 3.63) is 29.8 Å². The minimum absolute atomic E-state index is 0.166.